The van der Waals surface area contributed by atoms with Gasteiger partial charge in [0.15, 0.2) is 0 Å². The van der Waals surface area contributed by atoms with Gasteiger partial charge in [0.25, 0.3) is 0 Å². The molecule has 0 saturated carbocycles. The molecule has 0 atom stereocenters. The zero-order valence-electron chi connectivity index (χ0n) is 9.81. The van der Waals surface area contributed by atoms with Gasteiger partial charge >= 0.3 is 0 Å². The molecule has 0 aliphatic heterocycles. The molecule has 1 N–H and O–H groups in total. The van der Waals surface area contributed by atoms with Gasteiger partial charge in [-0.25, -0.2) is 17.5 Å². The van der Waals surface area contributed by atoms with Gasteiger partial charge in [-0.2, -0.15) is 0 Å². The summed E-state index contributed by atoms with van der Waals surface area (Å²) in [6, 6.07) is 12.3. The minimum atomic E-state index is -3.62. The van der Waals surface area contributed by atoms with Crippen LogP contribution in [0.2, 0.25) is 0 Å². The van der Waals surface area contributed by atoms with E-state index in [-0.39, 0.29) is 11.4 Å². The molecule has 0 amide bonds. The maximum Gasteiger partial charge on any atom is 0.241 e. The molecule has 0 fully saturated rings. The minimum Gasteiger partial charge on any atom is -0.207 e. The van der Waals surface area contributed by atoms with Gasteiger partial charge in [-0.15, -0.1) is 0 Å². The Bertz CT molecular complexity index is 689. The summed E-state index contributed by atoms with van der Waals surface area (Å²) >= 11 is 3.19. The first-order valence-electron chi connectivity index (χ1n) is 5.48. The Balaban J connectivity index is 2.17. The van der Waals surface area contributed by atoms with Crippen molar-refractivity contribution < 1.29 is 12.8 Å². The largest absolute Gasteiger partial charge is 0.241 e. The van der Waals surface area contributed by atoms with Crippen LogP contribution in [0.1, 0.15) is 5.56 Å². The third-order valence-electron chi connectivity index (χ3n) is 2.48. The Kier molecular flexibility index (Phi) is 4.34. The lowest BCUT2D eigenvalue weighted by Gasteiger charge is -2.08. The Morgan fingerprint density at radius 1 is 1.11 bits per heavy atom. The van der Waals surface area contributed by atoms with Gasteiger partial charge in [0.2, 0.25) is 10.0 Å². The van der Waals surface area contributed by atoms with Crippen molar-refractivity contribution in [1.29, 1.82) is 0 Å². The molecule has 19 heavy (non-hydrogen) atoms. The second-order valence-electron chi connectivity index (χ2n) is 3.88. The van der Waals surface area contributed by atoms with Gasteiger partial charge in [0, 0.05) is 11.0 Å². The fraction of sp³-hybridized carbons (Fsp3) is 0.0769. The Hall–Kier alpha value is -1.24. The minimum absolute atomic E-state index is 0.0431. The third kappa shape index (κ3) is 3.62. The second kappa shape index (κ2) is 5.81. The first kappa shape index (κ1) is 14.2. The maximum atomic E-state index is 13.0. The van der Waals surface area contributed by atoms with E-state index in [0.29, 0.717) is 10.0 Å². The zero-order chi connectivity index (χ0) is 13.9. The van der Waals surface area contributed by atoms with Crippen LogP contribution in [-0.4, -0.2) is 8.42 Å². The van der Waals surface area contributed by atoms with E-state index in [4.69, 9.17) is 0 Å². The van der Waals surface area contributed by atoms with E-state index in [1.807, 2.05) is 0 Å². The third-order valence-corrected chi connectivity index (χ3v) is 4.89. The fourth-order valence-electron chi connectivity index (χ4n) is 1.57. The fourth-order valence-corrected chi connectivity index (χ4v) is 3.58. The molecule has 0 saturated heterocycles. The predicted molar refractivity (Wildman–Crippen MR) is 74.6 cm³/mol. The zero-order valence-corrected chi connectivity index (χ0v) is 12.2. The van der Waals surface area contributed by atoms with E-state index in [2.05, 4.69) is 20.7 Å². The highest BCUT2D eigenvalue weighted by Crippen LogP contribution is 2.21. The van der Waals surface area contributed by atoms with Gasteiger partial charge < -0.3 is 0 Å². The van der Waals surface area contributed by atoms with Crippen molar-refractivity contribution in [2.75, 3.05) is 0 Å². The van der Waals surface area contributed by atoms with E-state index >= 15 is 0 Å². The highest BCUT2D eigenvalue weighted by molar-refractivity contribution is 9.10. The quantitative estimate of drug-likeness (QED) is 0.927. The van der Waals surface area contributed by atoms with E-state index in [1.54, 1.807) is 24.3 Å². The number of hydrogen-bond donors (Lipinski definition) is 1. The number of rotatable bonds is 4. The van der Waals surface area contributed by atoms with Gasteiger partial charge in [-0.05, 0) is 45.8 Å². The second-order valence-corrected chi connectivity index (χ2v) is 6.47. The van der Waals surface area contributed by atoms with Crippen LogP contribution in [0.3, 0.4) is 0 Å². The lowest BCUT2D eigenvalue weighted by atomic mass is 10.2. The first-order chi connectivity index (χ1) is 8.99. The molecule has 100 valence electrons. The summed E-state index contributed by atoms with van der Waals surface area (Å²) in [4.78, 5) is 0.159. The van der Waals surface area contributed by atoms with Gasteiger partial charge in [-0.1, -0.05) is 24.3 Å². The van der Waals surface area contributed by atoms with Crippen LogP contribution in [0.25, 0.3) is 0 Å². The number of halogens is 2. The molecule has 0 heterocycles. The molecular weight excluding hydrogens is 333 g/mol. The van der Waals surface area contributed by atoms with Crippen molar-refractivity contribution in [3.8, 4) is 0 Å². The van der Waals surface area contributed by atoms with Crippen molar-refractivity contribution in [3.05, 3.63) is 64.4 Å². The van der Waals surface area contributed by atoms with Crippen LogP contribution in [0.5, 0.6) is 0 Å². The molecule has 0 bridgehead atoms. The lowest BCUT2D eigenvalue weighted by molar-refractivity contribution is 0.580. The molecular formula is C13H11BrFNO2S. The topological polar surface area (TPSA) is 46.2 Å². The maximum absolute atomic E-state index is 13.0. The van der Waals surface area contributed by atoms with Gasteiger partial charge in [0.1, 0.15) is 5.82 Å². The number of nitrogens with one attached hydrogen (secondary N) is 1. The SMILES string of the molecule is O=S(=O)(NCc1cccc(F)c1)c1ccccc1Br. The van der Waals surface area contributed by atoms with Crippen LogP contribution in [0, 0.1) is 5.82 Å². The highest BCUT2D eigenvalue weighted by atomic mass is 79.9. The molecule has 2 aromatic rings. The van der Waals surface area contributed by atoms with E-state index in [0.717, 1.165) is 0 Å². The molecule has 0 aliphatic carbocycles. The van der Waals surface area contributed by atoms with Crippen LogP contribution in [0.4, 0.5) is 4.39 Å². The number of hydrogen-bond acceptors (Lipinski definition) is 2. The van der Waals surface area contributed by atoms with Crippen molar-refractivity contribution in [2.45, 2.75) is 11.4 Å². The average Bonchev–Trinajstić information content (AvgIpc) is 2.37. The van der Waals surface area contributed by atoms with Crippen molar-refractivity contribution in [1.82, 2.24) is 4.72 Å². The molecule has 2 rings (SSSR count). The summed E-state index contributed by atoms with van der Waals surface area (Å²) in [5.41, 5.74) is 0.565. The smallest absolute Gasteiger partial charge is 0.207 e. The van der Waals surface area contributed by atoms with Crippen molar-refractivity contribution >= 4 is 26.0 Å². The summed E-state index contributed by atoms with van der Waals surface area (Å²) in [5.74, 6) is -0.391. The molecule has 0 radical (unpaired) electrons. The molecule has 0 aliphatic rings. The normalized spacial score (nSPS) is 11.5. The summed E-state index contributed by atoms with van der Waals surface area (Å²) in [6.45, 7) is 0.0431. The highest BCUT2D eigenvalue weighted by Gasteiger charge is 2.16. The summed E-state index contributed by atoms with van der Waals surface area (Å²) in [6.07, 6.45) is 0. The summed E-state index contributed by atoms with van der Waals surface area (Å²) in [5, 5.41) is 0. The Morgan fingerprint density at radius 2 is 1.84 bits per heavy atom. The standard InChI is InChI=1S/C13H11BrFNO2S/c14-12-6-1-2-7-13(12)19(17,18)16-9-10-4-3-5-11(15)8-10/h1-8,16H,9H2. The first-order valence-corrected chi connectivity index (χ1v) is 7.75. The average molecular weight is 344 g/mol. The number of sulfonamides is 1. The van der Waals surface area contributed by atoms with Crippen molar-refractivity contribution in [3.63, 3.8) is 0 Å². The predicted octanol–water partition coefficient (Wildman–Crippen LogP) is 3.07. The molecule has 6 heteroatoms. The van der Waals surface area contributed by atoms with Gasteiger partial charge in [-0.3, -0.25) is 0 Å². The lowest BCUT2D eigenvalue weighted by Crippen LogP contribution is -2.23. The van der Waals surface area contributed by atoms with Gasteiger partial charge in [0.05, 0.1) is 4.90 Å². The Labute approximate surface area is 119 Å². The number of benzene rings is 2. The Morgan fingerprint density at radius 3 is 2.53 bits per heavy atom. The van der Waals surface area contributed by atoms with E-state index in [9.17, 15) is 12.8 Å². The van der Waals surface area contributed by atoms with E-state index < -0.39 is 15.8 Å². The van der Waals surface area contributed by atoms with Crippen LogP contribution in [-0.2, 0) is 16.6 Å². The monoisotopic (exact) mass is 343 g/mol. The van der Waals surface area contributed by atoms with Crippen molar-refractivity contribution in [2.24, 2.45) is 0 Å². The molecule has 0 aromatic heterocycles. The van der Waals surface area contributed by atoms with Crippen LogP contribution >= 0.6 is 15.9 Å². The summed E-state index contributed by atoms with van der Waals surface area (Å²) < 4.78 is 40.1. The molecule has 2 aromatic carbocycles. The summed E-state index contributed by atoms with van der Waals surface area (Å²) in [7, 11) is -3.62. The molecule has 0 spiro atoms. The van der Waals surface area contributed by atoms with Crippen LogP contribution in [0.15, 0.2) is 57.9 Å². The molecule has 3 nitrogen and oxygen atoms in total. The van der Waals surface area contributed by atoms with E-state index in [1.165, 1.54) is 24.3 Å². The molecule has 0 unspecified atom stereocenters. The van der Waals surface area contributed by atoms with Crippen LogP contribution < -0.4 is 4.72 Å².